The Morgan fingerprint density at radius 3 is 2.55 bits per heavy atom. The molecule has 1 saturated heterocycles. The summed E-state index contributed by atoms with van der Waals surface area (Å²) in [6, 6.07) is 3.81. The zero-order valence-electron chi connectivity index (χ0n) is 18.1. The van der Waals surface area contributed by atoms with Crippen LogP contribution in [0.4, 0.5) is 13.2 Å². The Kier molecular flexibility index (Phi) is 10.2. The third-order valence-corrected chi connectivity index (χ3v) is 6.24. The Morgan fingerprint density at radius 1 is 1.16 bits per heavy atom. The highest BCUT2D eigenvalue weighted by molar-refractivity contribution is 14.0. The van der Waals surface area contributed by atoms with Crippen LogP contribution in [0.2, 0.25) is 0 Å². The normalized spacial score (nSPS) is 18.3. The molecule has 176 valence electrons. The lowest BCUT2D eigenvalue weighted by molar-refractivity contribution is -0.148. The monoisotopic (exact) mass is 554 g/mol. The van der Waals surface area contributed by atoms with E-state index in [1.54, 1.807) is 13.1 Å². The number of guanidine groups is 1. The summed E-state index contributed by atoms with van der Waals surface area (Å²) >= 11 is 0. The molecule has 5 nitrogen and oxygen atoms in total. The molecule has 3 rings (SSSR count). The van der Waals surface area contributed by atoms with E-state index in [9.17, 15) is 18.3 Å². The molecule has 0 spiro atoms. The number of nitrogens with one attached hydrogen (secondary N) is 2. The van der Waals surface area contributed by atoms with E-state index < -0.39 is 12.7 Å². The summed E-state index contributed by atoms with van der Waals surface area (Å²) in [5.74, 6) is 1.44. The Hall–Kier alpha value is -1.23. The number of aromatic hydroxyl groups is 1. The number of phenols is 1. The molecular weight excluding hydrogens is 520 g/mol. The summed E-state index contributed by atoms with van der Waals surface area (Å²) < 4.78 is 37.5. The number of hydrogen-bond acceptors (Lipinski definition) is 3. The van der Waals surface area contributed by atoms with Gasteiger partial charge in [0.05, 0.1) is 6.54 Å². The molecule has 0 atom stereocenters. The molecule has 3 N–H and O–H groups in total. The second-order valence-electron chi connectivity index (χ2n) is 8.38. The highest BCUT2D eigenvalue weighted by Gasteiger charge is 2.32. The van der Waals surface area contributed by atoms with Crippen LogP contribution in [0.25, 0.3) is 0 Å². The molecule has 1 aromatic rings. The van der Waals surface area contributed by atoms with Crippen molar-refractivity contribution in [3.8, 4) is 5.75 Å². The molecule has 9 heteroatoms. The van der Waals surface area contributed by atoms with Gasteiger partial charge in [0.2, 0.25) is 0 Å². The van der Waals surface area contributed by atoms with Gasteiger partial charge in [0.1, 0.15) is 5.75 Å². The molecule has 0 amide bonds. The lowest BCUT2D eigenvalue weighted by Gasteiger charge is -2.32. The molecule has 1 aliphatic carbocycles. The number of rotatable bonds is 6. The minimum Gasteiger partial charge on any atom is -0.508 e. The molecule has 0 saturated carbocycles. The number of piperidine rings is 1. The second kappa shape index (κ2) is 12.1. The third-order valence-electron chi connectivity index (χ3n) is 6.24. The molecule has 31 heavy (non-hydrogen) atoms. The van der Waals surface area contributed by atoms with Crippen LogP contribution in [0, 0.1) is 5.92 Å². The second-order valence-corrected chi connectivity index (χ2v) is 8.38. The number of halogens is 4. The van der Waals surface area contributed by atoms with Crippen molar-refractivity contribution in [2.45, 2.75) is 57.7 Å². The minimum absolute atomic E-state index is 0. The maximum Gasteiger partial charge on any atom is 0.401 e. The van der Waals surface area contributed by atoms with Crippen molar-refractivity contribution < 1.29 is 18.3 Å². The molecule has 0 unspecified atom stereocenters. The molecule has 2 aliphatic rings. The van der Waals surface area contributed by atoms with Crippen LogP contribution in [-0.2, 0) is 19.4 Å². The molecule has 1 aromatic carbocycles. The summed E-state index contributed by atoms with van der Waals surface area (Å²) in [6.45, 7) is 1.46. The van der Waals surface area contributed by atoms with Gasteiger partial charge in [0.25, 0.3) is 0 Å². The van der Waals surface area contributed by atoms with Gasteiger partial charge in [0, 0.05) is 25.7 Å². The first-order valence-corrected chi connectivity index (χ1v) is 10.9. The van der Waals surface area contributed by atoms with Gasteiger partial charge in [-0.3, -0.25) is 9.89 Å². The summed E-state index contributed by atoms with van der Waals surface area (Å²) in [5.41, 5.74) is 3.54. The number of likely N-dealkylation sites (tertiary alicyclic amines) is 1. The summed E-state index contributed by atoms with van der Waals surface area (Å²) in [7, 11) is 1.71. The number of nitrogens with zero attached hydrogens (tertiary/aromatic N) is 2. The van der Waals surface area contributed by atoms with Crippen LogP contribution in [0.5, 0.6) is 5.75 Å². The Labute approximate surface area is 199 Å². The largest absolute Gasteiger partial charge is 0.508 e. The molecular formula is C22H34F3IN4O. The first-order chi connectivity index (χ1) is 14.4. The van der Waals surface area contributed by atoms with Crippen LogP contribution in [0.3, 0.4) is 0 Å². The van der Waals surface area contributed by atoms with Gasteiger partial charge in [-0.25, -0.2) is 0 Å². The smallest absolute Gasteiger partial charge is 0.401 e. The van der Waals surface area contributed by atoms with Crippen molar-refractivity contribution in [2.24, 2.45) is 10.9 Å². The van der Waals surface area contributed by atoms with E-state index in [2.05, 4.69) is 15.6 Å². The highest BCUT2D eigenvalue weighted by atomic mass is 127. The van der Waals surface area contributed by atoms with E-state index in [1.165, 1.54) is 22.4 Å². The van der Waals surface area contributed by atoms with Crippen molar-refractivity contribution in [1.29, 1.82) is 0 Å². The van der Waals surface area contributed by atoms with Gasteiger partial charge in [0.15, 0.2) is 5.96 Å². The van der Waals surface area contributed by atoms with Crippen molar-refractivity contribution in [1.82, 2.24) is 15.5 Å². The number of benzene rings is 1. The third kappa shape index (κ3) is 8.00. The fourth-order valence-electron chi connectivity index (χ4n) is 4.56. The van der Waals surface area contributed by atoms with E-state index in [0.29, 0.717) is 37.3 Å². The number of fused-ring (bicyclic) bond motifs is 1. The highest BCUT2D eigenvalue weighted by Crippen LogP contribution is 2.30. The van der Waals surface area contributed by atoms with Gasteiger partial charge in [-0.15, -0.1) is 24.0 Å². The molecule has 0 radical (unpaired) electrons. The number of alkyl halides is 3. The van der Waals surface area contributed by atoms with E-state index in [1.807, 2.05) is 6.07 Å². The predicted molar refractivity (Wildman–Crippen MR) is 128 cm³/mol. The first-order valence-electron chi connectivity index (χ1n) is 10.9. The minimum atomic E-state index is -4.11. The molecule has 1 fully saturated rings. The number of phenolic OH excluding ortho intramolecular Hbond substituents is 1. The zero-order chi connectivity index (χ0) is 21.6. The van der Waals surface area contributed by atoms with Gasteiger partial charge in [-0.1, -0.05) is 6.07 Å². The fraction of sp³-hybridized carbons (Fsp3) is 0.682. The van der Waals surface area contributed by atoms with Crippen LogP contribution >= 0.6 is 24.0 Å². The van der Waals surface area contributed by atoms with Gasteiger partial charge in [-0.05, 0) is 81.1 Å². The quantitative estimate of drug-likeness (QED) is 0.280. The molecule has 1 aliphatic heterocycles. The topological polar surface area (TPSA) is 59.9 Å². The van der Waals surface area contributed by atoms with Crippen LogP contribution in [0.15, 0.2) is 17.1 Å². The lowest BCUT2D eigenvalue weighted by atomic mass is 9.88. The summed E-state index contributed by atoms with van der Waals surface area (Å²) in [6.07, 6.45) is 2.81. The average Bonchev–Trinajstić information content (AvgIpc) is 2.71. The maximum absolute atomic E-state index is 12.5. The van der Waals surface area contributed by atoms with E-state index in [-0.39, 0.29) is 24.0 Å². The SMILES string of the molecule is CN=C(NCCC1CCN(CC(F)(F)F)CC1)NCc1c(O)ccc2c1CCCC2.I. The van der Waals surface area contributed by atoms with Gasteiger partial charge < -0.3 is 15.7 Å². The Bertz CT molecular complexity index is 734. The first kappa shape index (κ1) is 26.0. The van der Waals surface area contributed by atoms with Crippen LogP contribution in [0.1, 0.15) is 48.8 Å². The molecule has 1 heterocycles. The van der Waals surface area contributed by atoms with Crippen molar-refractivity contribution in [3.63, 3.8) is 0 Å². The van der Waals surface area contributed by atoms with E-state index in [0.717, 1.165) is 50.6 Å². The Morgan fingerprint density at radius 2 is 1.87 bits per heavy atom. The van der Waals surface area contributed by atoms with E-state index in [4.69, 9.17) is 0 Å². The number of aryl methyl sites for hydroxylation is 1. The number of hydrogen-bond donors (Lipinski definition) is 3. The summed E-state index contributed by atoms with van der Waals surface area (Å²) in [5, 5.41) is 16.9. The van der Waals surface area contributed by atoms with Crippen LogP contribution in [-0.4, -0.2) is 55.4 Å². The predicted octanol–water partition coefficient (Wildman–Crippen LogP) is 4.22. The van der Waals surface area contributed by atoms with Gasteiger partial charge in [-0.2, -0.15) is 13.2 Å². The van der Waals surface area contributed by atoms with Crippen LogP contribution < -0.4 is 10.6 Å². The Balaban J connectivity index is 0.00000341. The maximum atomic E-state index is 12.5. The van der Waals surface area contributed by atoms with Crippen molar-refractivity contribution in [3.05, 3.63) is 28.8 Å². The lowest BCUT2D eigenvalue weighted by Crippen LogP contribution is -2.41. The van der Waals surface area contributed by atoms with Crippen molar-refractivity contribution in [2.75, 3.05) is 33.2 Å². The average molecular weight is 554 g/mol. The fourth-order valence-corrected chi connectivity index (χ4v) is 4.56. The summed E-state index contributed by atoms with van der Waals surface area (Å²) in [4.78, 5) is 5.76. The zero-order valence-corrected chi connectivity index (χ0v) is 20.4. The van der Waals surface area contributed by atoms with Crippen molar-refractivity contribution >= 4 is 29.9 Å². The standard InChI is InChI=1S/C22H33F3N4O.HI/c1-26-21(27-11-8-16-9-12-29(13-10-16)15-22(23,24)25)28-14-19-18-5-3-2-4-17(18)6-7-20(19)30;/h6-7,16,30H,2-5,8-15H2,1H3,(H2,26,27,28);1H. The molecule has 0 aromatic heterocycles. The molecule has 0 bridgehead atoms. The number of aliphatic imine (C=N–C) groups is 1. The van der Waals surface area contributed by atoms with Gasteiger partial charge >= 0.3 is 6.18 Å². The van der Waals surface area contributed by atoms with E-state index >= 15 is 0 Å².